The van der Waals surface area contributed by atoms with Crippen molar-refractivity contribution in [2.24, 2.45) is 0 Å². The van der Waals surface area contributed by atoms with Crippen molar-refractivity contribution in [2.75, 3.05) is 25.0 Å². The number of halogens is 2. The summed E-state index contributed by atoms with van der Waals surface area (Å²) in [6.45, 7) is 4.03. The van der Waals surface area contributed by atoms with Gasteiger partial charge in [0.15, 0.2) is 11.7 Å². The molecule has 0 bridgehead atoms. The number of nitrogens with one attached hydrogen (secondary N) is 2. The quantitative estimate of drug-likeness (QED) is 0.546. The summed E-state index contributed by atoms with van der Waals surface area (Å²) in [6, 6.07) is 10.8. The van der Waals surface area contributed by atoms with Crippen molar-refractivity contribution in [3.8, 4) is 5.75 Å². The number of carbonyl (C=O) groups is 1. The fourth-order valence-corrected chi connectivity index (χ4v) is 4.64. The molecule has 30 heavy (non-hydrogen) atoms. The van der Waals surface area contributed by atoms with Crippen LogP contribution in [0.5, 0.6) is 5.75 Å². The van der Waals surface area contributed by atoms with Crippen LogP contribution in [-0.2, 0) is 14.8 Å². The average Bonchev–Trinajstić information content (AvgIpc) is 2.68. The highest BCUT2D eigenvalue weighted by Gasteiger charge is 2.21. The highest BCUT2D eigenvalue weighted by Crippen LogP contribution is 2.27. The van der Waals surface area contributed by atoms with Crippen molar-refractivity contribution in [1.82, 2.24) is 9.62 Å². The third-order valence-electron chi connectivity index (χ3n) is 3.96. The van der Waals surface area contributed by atoms with E-state index < -0.39 is 15.9 Å². The molecule has 162 valence electrons. The lowest BCUT2D eigenvalue weighted by Crippen LogP contribution is -2.37. The van der Waals surface area contributed by atoms with E-state index >= 15 is 0 Å². The van der Waals surface area contributed by atoms with Crippen LogP contribution in [0.2, 0.25) is 10.0 Å². The minimum absolute atomic E-state index is 0.0464. The van der Waals surface area contributed by atoms with Gasteiger partial charge in [-0.2, -0.15) is 4.31 Å². The fraction of sp³-hybridized carbons (Fsp3) is 0.263. The Bertz CT molecular complexity index is 1010. The summed E-state index contributed by atoms with van der Waals surface area (Å²) in [7, 11) is -3.54. The first kappa shape index (κ1) is 24.4. The van der Waals surface area contributed by atoms with E-state index in [0.717, 1.165) is 0 Å². The number of rotatable bonds is 8. The average molecular weight is 490 g/mol. The number of benzene rings is 2. The standard InChI is InChI=1S/C19H21Cl2N3O4S2/c1-3-24(4-2)30(26,27)15-8-6-14(7-9-15)22-19(29)23-18(25)12-28-17-10-5-13(20)11-16(17)21/h5-11H,3-4,12H2,1-2H3,(H2,22,23,25,29). The zero-order valence-electron chi connectivity index (χ0n) is 16.3. The predicted molar refractivity (Wildman–Crippen MR) is 123 cm³/mol. The molecule has 2 N–H and O–H groups in total. The molecule has 0 fully saturated rings. The minimum atomic E-state index is -3.54. The number of hydrogen-bond acceptors (Lipinski definition) is 5. The second-order valence-electron chi connectivity index (χ2n) is 5.98. The van der Waals surface area contributed by atoms with Crippen LogP contribution in [0.3, 0.4) is 0 Å². The largest absolute Gasteiger partial charge is 0.482 e. The van der Waals surface area contributed by atoms with Crippen molar-refractivity contribution in [3.05, 3.63) is 52.5 Å². The van der Waals surface area contributed by atoms with Crippen molar-refractivity contribution in [1.29, 1.82) is 0 Å². The Hall–Kier alpha value is -1.91. The second-order valence-corrected chi connectivity index (χ2v) is 9.17. The van der Waals surface area contributed by atoms with Crippen molar-refractivity contribution >= 4 is 62.2 Å². The van der Waals surface area contributed by atoms with Gasteiger partial charge in [0, 0.05) is 23.8 Å². The van der Waals surface area contributed by atoms with E-state index in [2.05, 4.69) is 10.6 Å². The Kier molecular flexibility index (Phi) is 8.87. The molecule has 1 amide bonds. The lowest BCUT2D eigenvalue weighted by atomic mass is 10.3. The maximum atomic E-state index is 12.5. The molecule has 2 aromatic carbocycles. The first-order valence-electron chi connectivity index (χ1n) is 8.96. The van der Waals surface area contributed by atoms with E-state index in [9.17, 15) is 13.2 Å². The zero-order chi connectivity index (χ0) is 22.3. The normalized spacial score (nSPS) is 11.2. The molecule has 0 aromatic heterocycles. The second kappa shape index (κ2) is 10.9. The van der Waals surface area contributed by atoms with Gasteiger partial charge in [0.1, 0.15) is 5.75 Å². The van der Waals surface area contributed by atoms with E-state index in [1.165, 1.54) is 22.5 Å². The van der Waals surface area contributed by atoms with Gasteiger partial charge < -0.3 is 10.1 Å². The first-order chi connectivity index (χ1) is 14.2. The Morgan fingerprint density at radius 2 is 1.73 bits per heavy atom. The molecule has 0 spiro atoms. The summed E-state index contributed by atoms with van der Waals surface area (Å²) in [4.78, 5) is 12.2. The number of amides is 1. The molecule has 0 heterocycles. The number of nitrogens with zero attached hydrogens (tertiary/aromatic N) is 1. The molecule has 0 unspecified atom stereocenters. The number of thiocarbonyl (C=S) groups is 1. The number of ether oxygens (including phenoxy) is 1. The smallest absolute Gasteiger partial charge is 0.264 e. The van der Waals surface area contributed by atoms with Gasteiger partial charge in [-0.25, -0.2) is 8.42 Å². The van der Waals surface area contributed by atoms with Gasteiger partial charge in [-0.05, 0) is 54.7 Å². The van der Waals surface area contributed by atoms with Crippen LogP contribution in [0.25, 0.3) is 0 Å². The summed E-state index contributed by atoms with van der Waals surface area (Å²) < 4.78 is 31.7. The zero-order valence-corrected chi connectivity index (χ0v) is 19.5. The third kappa shape index (κ3) is 6.55. The minimum Gasteiger partial charge on any atom is -0.482 e. The molecule has 0 saturated heterocycles. The summed E-state index contributed by atoms with van der Waals surface area (Å²) in [6.07, 6.45) is 0. The molecule has 11 heteroatoms. The molecule has 0 saturated carbocycles. The van der Waals surface area contributed by atoms with Gasteiger partial charge in [0.2, 0.25) is 10.0 Å². The molecular weight excluding hydrogens is 469 g/mol. The fourth-order valence-electron chi connectivity index (χ4n) is 2.48. The van der Waals surface area contributed by atoms with E-state index in [4.69, 9.17) is 40.2 Å². The molecule has 0 aliphatic rings. The van der Waals surface area contributed by atoms with E-state index in [1.807, 2.05) is 0 Å². The maximum absolute atomic E-state index is 12.5. The Balaban J connectivity index is 1.90. The van der Waals surface area contributed by atoms with Gasteiger partial charge in [0.05, 0.1) is 9.92 Å². The Morgan fingerprint density at radius 3 is 2.30 bits per heavy atom. The van der Waals surface area contributed by atoms with Gasteiger partial charge in [-0.3, -0.25) is 10.1 Å². The molecule has 0 atom stereocenters. The molecule has 7 nitrogen and oxygen atoms in total. The number of carbonyl (C=O) groups excluding carboxylic acids is 1. The number of sulfonamides is 1. The van der Waals surface area contributed by atoms with Crippen LogP contribution in [0.15, 0.2) is 47.4 Å². The topological polar surface area (TPSA) is 87.7 Å². The van der Waals surface area contributed by atoms with Crippen LogP contribution < -0.4 is 15.4 Å². The van der Waals surface area contributed by atoms with Crippen LogP contribution in [0.1, 0.15) is 13.8 Å². The van der Waals surface area contributed by atoms with Crippen LogP contribution in [0.4, 0.5) is 5.69 Å². The first-order valence-corrected chi connectivity index (χ1v) is 11.6. The molecule has 0 aliphatic heterocycles. The predicted octanol–water partition coefficient (Wildman–Crippen LogP) is 3.92. The molecule has 0 aliphatic carbocycles. The van der Waals surface area contributed by atoms with Crippen LogP contribution in [-0.4, -0.2) is 43.4 Å². The summed E-state index contributed by atoms with van der Waals surface area (Å²) in [5.41, 5.74) is 0.528. The van der Waals surface area contributed by atoms with E-state index in [1.54, 1.807) is 38.1 Å². The van der Waals surface area contributed by atoms with Gasteiger partial charge in [-0.15, -0.1) is 0 Å². The van der Waals surface area contributed by atoms with E-state index in [-0.39, 0.29) is 21.6 Å². The lowest BCUT2D eigenvalue weighted by molar-refractivity contribution is -0.121. The Labute approximate surface area is 191 Å². The third-order valence-corrected chi connectivity index (χ3v) is 6.76. The van der Waals surface area contributed by atoms with Gasteiger partial charge >= 0.3 is 0 Å². The van der Waals surface area contributed by atoms with Crippen LogP contribution in [0, 0.1) is 0 Å². The summed E-state index contributed by atoms with van der Waals surface area (Å²) in [5, 5.41) is 6.08. The number of hydrogen-bond donors (Lipinski definition) is 2. The Morgan fingerprint density at radius 1 is 1.10 bits per heavy atom. The molecule has 0 radical (unpaired) electrons. The lowest BCUT2D eigenvalue weighted by Gasteiger charge is -2.18. The SMILES string of the molecule is CCN(CC)S(=O)(=O)c1ccc(NC(=S)NC(=O)COc2ccc(Cl)cc2Cl)cc1. The summed E-state index contributed by atoms with van der Waals surface area (Å²) >= 11 is 16.9. The molecule has 2 rings (SSSR count). The molecular formula is C19H21Cl2N3O4S2. The van der Waals surface area contributed by atoms with Crippen molar-refractivity contribution in [2.45, 2.75) is 18.7 Å². The highest BCUT2D eigenvalue weighted by molar-refractivity contribution is 7.89. The number of anilines is 1. The monoisotopic (exact) mass is 489 g/mol. The van der Waals surface area contributed by atoms with Gasteiger partial charge in [0.25, 0.3) is 5.91 Å². The van der Waals surface area contributed by atoms with Crippen molar-refractivity contribution in [3.63, 3.8) is 0 Å². The molecule has 2 aromatic rings. The maximum Gasteiger partial charge on any atom is 0.264 e. The van der Waals surface area contributed by atoms with E-state index in [0.29, 0.717) is 29.5 Å². The summed E-state index contributed by atoms with van der Waals surface area (Å²) in [5.74, 6) is -0.167. The van der Waals surface area contributed by atoms with Crippen molar-refractivity contribution < 1.29 is 17.9 Å². The highest BCUT2D eigenvalue weighted by atomic mass is 35.5. The van der Waals surface area contributed by atoms with Gasteiger partial charge in [-0.1, -0.05) is 37.0 Å². The van der Waals surface area contributed by atoms with Crippen LogP contribution >= 0.6 is 35.4 Å².